The number of aliphatic hydroxyl groups excluding tert-OH is 2. The molecule has 6 aliphatic rings. The quantitative estimate of drug-likeness (QED) is 0.0292. The highest BCUT2D eigenvalue weighted by molar-refractivity contribution is 7.95. The van der Waals surface area contributed by atoms with Crippen LogP contribution < -0.4 is 36.3 Å². The molecule has 39 heteroatoms. The number of methoxy groups -OCH3 is 3. The van der Waals surface area contributed by atoms with E-state index in [0.717, 1.165) is 41.5 Å². The lowest BCUT2D eigenvalue weighted by atomic mass is 9.80. The van der Waals surface area contributed by atoms with Crippen molar-refractivity contribution in [1.82, 2.24) is 10.6 Å². The van der Waals surface area contributed by atoms with Crippen LogP contribution in [0.3, 0.4) is 0 Å². The number of hydrogen-bond acceptors (Lipinski definition) is 26. The van der Waals surface area contributed by atoms with Crippen molar-refractivity contribution in [2.45, 2.75) is 222 Å². The Morgan fingerprint density at radius 2 is 0.838 bits per heavy atom. The van der Waals surface area contributed by atoms with Crippen LogP contribution in [0.5, 0.6) is 23.0 Å². The van der Waals surface area contributed by atoms with Gasteiger partial charge in [0.2, 0.25) is 0 Å². The second-order valence-corrected chi connectivity index (χ2v) is 50.3. The van der Waals surface area contributed by atoms with Crippen molar-refractivity contribution >= 4 is 62.9 Å². The zero-order valence-electron chi connectivity index (χ0n) is 82.8. The molecular weight excluding hydrogens is 2010 g/mol. The minimum Gasteiger partial charge on any atom is -0.508 e. The van der Waals surface area contributed by atoms with Crippen molar-refractivity contribution in [2.75, 3.05) is 47.8 Å². The number of amidine groups is 3. The largest absolute Gasteiger partial charge is 0.508 e. The number of nitrogens with two attached hydrogens (primary N) is 2. The van der Waals surface area contributed by atoms with Gasteiger partial charge in [-0.15, -0.1) is 0 Å². The third kappa shape index (κ3) is 22.9. The smallest absolute Gasteiger partial charge is 0.413 e. The number of phenols is 1. The first-order chi connectivity index (χ1) is 68.4. The van der Waals surface area contributed by atoms with Gasteiger partial charge in [0.25, 0.3) is 0 Å². The van der Waals surface area contributed by atoms with Crippen LogP contribution in [0.2, 0.25) is 0 Å². The molecule has 1 amide bonds. The van der Waals surface area contributed by atoms with Crippen molar-refractivity contribution in [3.8, 4) is 23.0 Å². The van der Waals surface area contributed by atoms with E-state index < -0.39 is 197 Å². The monoisotopic (exact) mass is 2140 g/mol. The number of aliphatic hydroxyl groups is 2. The van der Waals surface area contributed by atoms with E-state index in [2.05, 4.69) is 27.2 Å². The summed E-state index contributed by atoms with van der Waals surface area (Å²) in [6.45, 7) is 19.5. The molecular formula is C109H133F8N7O20S4. The fourth-order valence-corrected chi connectivity index (χ4v) is 27.9. The van der Waals surface area contributed by atoms with Gasteiger partial charge >= 0.3 is 6.09 Å². The normalized spacial score (nSPS) is 24.6. The summed E-state index contributed by atoms with van der Waals surface area (Å²) in [5.41, 5.74) is 7.96. The van der Waals surface area contributed by atoms with Crippen LogP contribution in [-0.2, 0) is 98.4 Å². The molecule has 16 rings (SSSR count). The number of aliphatic imine (C=N–C) groups is 3. The van der Waals surface area contributed by atoms with Gasteiger partial charge in [-0.1, -0.05) is 131 Å². The molecule has 0 bridgehead atoms. The zero-order valence-corrected chi connectivity index (χ0v) is 86.0. The molecule has 0 radical (unpaired) electrons. The molecule has 10 aromatic rings. The summed E-state index contributed by atoms with van der Waals surface area (Å²) in [4.78, 5) is 27.0. The van der Waals surface area contributed by atoms with Gasteiger partial charge in [0, 0.05) is 32.2 Å². The predicted molar refractivity (Wildman–Crippen MR) is 556 cm³/mol. The van der Waals surface area contributed by atoms with E-state index in [4.69, 9.17) is 54.4 Å². The second-order valence-electron chi connectivity index (χ2n) is 39.5. The van der Waals surface area contributed by atoms with Gasteiger partial charge in [0.1, 0.15) is 134 Å². The van der Waals surface area contributed by atoms with Crippen molar-refractivity contribution in [3.05, 3.63) is 345 Å². The van der Waals surface area contributed by atoms with Crippen molar-refractivity contribution in [1.29, 1.82) is 0 Å². The van der Waals surface area contributed by atoms with Crippen LogP contribution in [0, 0.1) is 46.5 Å². The average molecular weight is 2140 g/mol. The van der Waals surface area contributed by atoms with E-state index in [1.165, 1.54) is 190 Å². The third-order valence-electron chi connectivity index (χ3n) is 27.9. The number of nitrogens with one attached hydrogen (secondary N) is 2. The number of phenolic OH excluding ortho intramolecular Hbond substituents is 1. The summed E-state index contributed by atoms with van der Waals surface area (Å²) in [6.07, 6.45) is -5.73. The minimum absolute atomic E-state index is 0. The van der Waals surface area contributed by atoms with Crippen molar-refractivity contribution in [3.63, 3.8) is 0 Å². The molecule has 3 saturated heterocycles. The molecule has 6 aliphatic heterocycles. The Morgan fingerprint density at radius 1 is 0.473 bits per heavy atom. The molecule has 10 aromatic carbocycles. The fraction of sp³-hybridized carbons (Fsp3) is 0.394. The van der Waals surface area contributed by atoms with E-state index in [-0.39, 0.29) is 140 Å². The molecule has 12 atom stereocenters. The Labute approximate surface area is 863 Å². The van der Waals surface area contributed by atoms with E-state index in [9.17, 15) is 75.7 Å². The summed E-state index contributed by atoms with van der Waals surface area (Å²) >= 11 is 0. The number of amides is 1. The lowest BCUT2D eigenvalue weighted by Crippen LogP contribution is -2.69. The Morgan fingerprint density at radius 3 is 1.27 bits per heavy atom. The molecule has 0 aliphatic carbocycles. The van der Waals surface area contributed by atoms with Crippen molar-refractivity contribution in [2.24, 2.45) is 26.4 Å². The minimum atomic E-state index is -4.46. The molecule has 9 N–H and O–H groups in total. The van der Waals surface area contributed by atoms with Crippen LogP contribution >= 0.6 is 0 Å². The first kappa shape index (κ1) is 116. The van der Waals surface area contributed by atoms with Gasteiger partial charge in [-0.25, -0.2) is 73.6 Å². The summed E-state index contributed by atoms with van der Waals surface area (Å²) in [5.74, 6) is -4.64. The number of carbonyl (C=O) groups excluding carboxylic acids is 1. The SMILES string of the molecule is C.C.C=C1N[C@@]2(c3cc(OC)ccc3F)CO[C@@H](c3ccc(F)cc3)C[C@H]2S(=O)(=O)C1(C)C.CC1(C)C(N)=N[C@@]2(c3cc(O)ccc3F)CO[C@@H](c3ccc(F)cc3)C[C@H]2S1(=O)=O.COc1ccc(F)c([C@@]2(COCc3ccccc3)N=C(N)C(C)(C)S(=O)(=O)C2CC(O)c2ccc(F)cc2)c1.COc1ccc(F)c([C@@]2(COCc3ccccc3)N=C(NC(=O)OC(C)(C)C)C(C)(C)S(=O)(=O)C2CC(O)c2ccc(F)cc2)c1.[HH].[HH].[HH]. The van der Waals surface area contributed by atoms with E-state index in [1.54, 1.807) is 46.8 Å². The van der Waals surface area contributed by atoms with Crippen LogP contribution in [-0.4, -0.2) is 166 Å². The van der Waals surface area contributed by atoms with Crippen LogP contribution in [0.15, 0.2) is 258 Å². The molecule has 4 unspecified atom stereocenters. The first-order valence-corrected chi connectivity index (χ1v) is 52.7. The molecule has 0 aromatic heterocycles. The number of rotatable bonds is 23. The maximum absolute atomic E-state index is 16.0. The number of nitrogens with zero attached hydrogens (tertiary/aromatic N) is 3. The summed E-state index contributed by atoms with van der Waals surface area (Å²) < 4.78 is 268. The molecule has 148 heavy (non-hydrogen) atoms. The number of aromatic hydroxyl groups is 1. The third-order valence-corrected chi connectivity index (χ3v) is 39.8. The van der Waals surface area contributed by atoms with Crippen LogP contribution in [0.4, 0.5) is 39.9 Å². The van der Waals surface area contributed by atoms with Gasteiger partial charge < -0.3 is 70.0 Å². The molecule has 3 fully saturated rings. The van der Waals surface area contributed by atoms with Gasteiger partial charge in [-0.2, -0.15) is 0 Å². The molecule has 0 saturated carbocycles. The van der Waals surface area contributed by atoms with Crippen molar-refractivity contribution < 1.29 is 131 Å². The zero-order chi connectivity index (χ0) is 107. The molecule has 6 heterocycles. The lowest BCUT2D eigenvalue weighted by Gasteiger charge is -2.54. The van der Waals surface area contributed by atoms with E-state index in [0.29, 0.717) is 22.4 Å². The Balaban J connectivity index is 0.000000245. The van der Waals surface area contributed by atoms with Crippen LogP contribution in [0.1, 0.15) is 201 Å². The summed E-state index contributed by atoms with van der Waals surface area (Å²) in [5, 5.41) is 33.0. The lowest BCUT2D eigenvalue weighted by molar-refractivity contribution is -0.0424. The first-order valence-electron chi connectivity index (χ1n) is 46.5. The maximum Gasteiger partial charge on any atom is 0.413 e. The van der Waals surface area contributed by atoms with E-state index in [1.807, 2.05) is 60.7 Å². The second kappa shape index (κ2) is 44.9. The summed E-state index contributed by atoms with van der Waals surface area (Å²) in [7, 11) is -12.2. The number of halogens is 8. The number of hydrogen-bond donors (Lipinski definition) is 7. The molecule has 804 valence electrons. The number of carbonyl (C=O) groups is 1. The Bertz CT molecular complexity index is 7060. The van der Waals surface area contributed by atoms with Gasteiger partial charge in [0.15, 0.2) is 39.3 Å². The van der Waals surface area contributed by atoms with Gasteiger partial charge in [-0.05, 0) is 257 Å². The Hall–Kier alpha value is -12.2. The molecule has 0 spiro atoms. The number of alkyl carbamates (subject to hydrolysis) is 1. The van der Waals surface area contributed by atoms with E-state index >= 15 is 13.2 Å². The standard InChI is InChI=1S/C34H40F2N2O7S.C29H32F2N2O5S.C23H25F2NO4S.C21H22F2N2O4S.2CH4.3H2/c1-32(2,3)45-31(40)37-30-33(4,5)46(41,42)29(19-28(39)23-12-14-24(35)15-13-23)34(38-30,21-44-20-22-10-8-7-9-11-22)26-18-25(43-6)16-17-27(26)36;1-28(2)27(32)33-29(18-38-17-19-7-5-4-6-8-19,23-15-22(37-3)13-14-24(23)31)26(39(28,35)36)16-25(34)20-9-11-21(30)12-10-20;1-14-22(2,3)31(27,28)21-12-20(15-5-7-16(24)8-6-15)30-13-23(21,26-14)18-11-17(29-4)9-10-19(18)25;1-20(2)19(24)25-21(15-9-14(26)7-8-16(15)23)11-29-17(10-18(21)30(20,27)28)12-3-5-13(22)6-4-12;;;;;/h7-18,28-29,39H,19-21H2,1-6H3,(H,37,38,40);4-15,25-26,34H,16-18H2,1-3H3,(H2,32,33);5-11,20-21,26H,1,12-13H2,2-4H3;3-9,17-18,26H,10-11H2,1-2H3,(H2,24,25);2*1H4;3*1H/t28?,29?,34-;25?,26?,29-;20-,21-,23-;17-,18-,21-;;;;;/m1111...../s1. The molecule has 27 nitrogen and oxygen atoms in total. The van der Waals surface area contributed by atoms with Crippen LogP contribution in [0.25, 0.3) is 0 Å². The topological polar surface area (TPSA) is 401 Å². The number of ether oxygens (including phenoxy) is 8. The maximum atomic E-state index is 16.0. The van der Waals surface area contributed by atoms with Gasteiger partial charge in [0.05, 0.1) is 106 Å². The highest BCUT2D eigenvalue weighted by Gasteiger charge is 2.66. The highest BCUT2D eigenvalue weighted by Crippen LogP contribution is 2.56. The predicted octanol–water partition coefficient (Wildman–Crippen LogP) is 19.4. The fourth-order valence-electron chi connectivity index (χ4n) is 18.8. The number of sulfone groups is 4. The summed E-state index contributed by atoms with van der Waals surface area (Å²) in [6, 6.07) is 55.1. The number of fused-ring (bicyclic) bond motifs is 2. The number of benzene rings is 10. The highest BCUT2D eigenvalue weighted by atomic mass is 32.2. The van der Waals surface area contributed by atoms with Gasteiger partial charge in [-0.3, -0.25) is 20.3 Å². The average Bonchev–Trinajstić information content (AvgIpc) is 0.691. The Kier molecular flexibility index (Phi) is 35.2.